The van der Waals surface area contributed by atoms with E-state index in [4.69, 9.17) is 11.6 Å². The maximum atomic E-state index is 9.85. The highest BCUT2D eigenvalue weighted by molar-refractivity contribution is 6.33. The molecule has 1 aliphatic carbocycles. The second kappa shape index (κ2) is 4.78. The van der Waals surface area contributed by atoms with Gasteiger partial charge in [0.15, 0.2) is 0 Å². The Hall–Kier alpha value is -1.67. The summed E-state index contributed by atoms with van der Waals surface area (Å²) in [4.78, 5) is 0. The quantitative estimate of drug-likeness (QED) is 0.847. The predicted octanol–water partition coefficient (Wildman–Crippen LogP) is 4.45. The minimum absolute atomic E-state index is 0.224. The summed E-state index contributed by atoms with van der Waals surface area (Å²) in [6, 6.07) is 12.0. The third-order valence-electron chi connectivity index (χ3n) is 3.70. The molecule has 0 aliphatic heterocycles. The van der Waals surface area contributed by atoms with Gasteiger partial charge in [0, 0.05) is 0 Å². The van der Waals surface area contributed by atoms with Crippen LogP contribution in [0.1, 0.15) is 29.2 Å². The first-order valence-corrected chi connectivity index (χ1v) is 6.86. The first kappa shape index (κ1) is 12.4. The molecule has 0 spiro atoms. The Bertz CT molecular complexity index is 624. The van der Waals surface area contributed by atoms with Gasteiger partial charge in [-0.1, -0.05) is 29.8 Å². The molecule has 3 rings (SSSR count). The van der Waals surface area contributed by atoms with Crippen LogP contribution in [0.3, 0.4) is 0 Å². The minimum Gasteiger partial charge on any atom is -0.508 e. The molecule has 2 N–H and O–H groups in total. The lowest BCUT2D eigenvalue weighted by molar-refractivity contribution is 0.469. The van der Waals surface area contributed by atoms with E-state index in [1.54, 1.807) is 6.07 Å². The van der Waals surface area contributed by atoms with Crippen LogP contribution in [0, 0.1) is 6.92 Å². The van der Waals surface area contributed by atoms with Gasteiger partial charge >= 0.3 is 0 Å². The number of benzene rings is 2. The Kier molecular flexibility index (Phi) is 3.11. The molecule has 0 amide bonds. The van der Waals surface area contributed by atoms with Crippen molar-refractivity contribution in [2.45, 2.75) is 25.8 Å². The van der Waals surface area contributed by atoms with Crippen LogP contribution in [-0.2, 0) is 6.42 Å². The van der Waals surface area contributed by atoms with Gasteiger partial charge < -0.3 is 10.4 Å². The summed E-state index contributed by atoms with van der Waals surface area (Å²) in [7, 11) is 0. The van der Waals surface area contributed by atoms with Crippen LogP contribution < -0.4 is 5.32 Å². The maximum absolute atomic E-state index is 9.85. The molecule has 1 unspecified atom stereocenters. The lowest BCUT2D eigenvalue weighted by Gasteiger charge is -2.17. The van der Waals surface area contributed by atoms with Crippen LogP contribution in [0.5, 0.6) is 5.75 Å². The molecule has 0 saturated heterocycles. The second-order valence-corrected chi connectivity index (χ2v) is 5.47. The van der Waals surface area contributed by atoms with Gasteiger partial charge in [-0.25, -0.2) is 0 Å². The monoisotopic (exact) mass is 273 g/mol. The minimum atomic E-state index is 0.224. The third kappa shape index (κ3) is 2.28. The largest absolute Gasteiger partial charge is 0.508 e. The Morgan fingerprint density at radius 3 is 2.89 bits per heavy atom. The standard InChI is InChI=1S/C16H16ClNO/c1-10-5-7-15(13(17)9-10)18-14-8-6-12-11(14)3-2-4-16(12)19/h2-5,7,9,14,18-19H,6,8H2,1H3. The number of rotatable bonds is 2. The summed E-state index contributed by atoms with van der Waals surface area (Å²) < 4.78 is 0. The van der Waals surface area contributed by atoms with E-state index in [0.717, 1.165) is 34.7 Å². The number of hydrogen-bond acceptors (Lipinski definition) is 2. The van der Waals surface area contributed by atoms with Crippen molar-refractivity contribution in [3.63, 3.8) is 0 Å². The fourth-order valence-corrected chi connectivity index (χ4v) is 3.00. The van der Waals surface area contributed by atoms with Crippen LogP contribution in [0.2, 0.25) is 5.02 Å². The molecule has 2 aromatic carbocycles. The molecule has 0 bridgehead atoms. The Labute approximate surface area is 118 Å². The maximum Gasteiger partial charge on any atom is 0.119 e. The predicted molar refractivity (Wildman–Crippen MR) is 79.0 cm³/mol. The molecule has 2 nitrogen and oxygen atoms in total. The molecular formula is C16H16ClNO. The lowest BCUT2D eigenvalue weighted by atomic mass is 10.1. The molecule has 19 heavy (non-hydrogen) atoms. The van der Waals surface area contributed by atoms with Crippen molar-refractivity contribution in [3.8, 4) is 5.75 Å². The molecule has 1 aliphatic rings. The topological polar surface area (TPSA) is 32.3 Å². The van der Waals surface area contributed by atoms with Gasteiger partial charge in [0.1, 0.15) is 5.75 Å². The van der Waals surface area contributed by atoms with Crippen LogP contribution in [0.4, 0.5) is 5.69 Å². The Balaban J connectivity index is 1.89. The highest BCUT2D eigenvalue weighted by atomic mass is 35.5. The fourth-order valence-electron chi connectivity index (χ4n) is 2.71. The highest BCUT2D eigenvalue weighted by Gasteiger charge is 2.24. The van der Waals surface area contributed by atoms with E-state index in [0.29, 0.717) is 5.75 Å². The van der Waals surface area contributed by atoms with Crippen LogP contribution >= 0.6 is 11.6 Å². The average Bonchev–Trinajstić information content (AvgIpc) is 2.78. The van der Waals surface area contributed by atoms with E-state index >= 15 is 0 Å². The third-order valence-corrected chi connectivity index (χ3v) is 4.01. The van der Waals surface area contributed by atoms with E-state index in [9.17, 15) is 5.11 Å². The fraction of sp³-hybridized carbons (Fsp3) is 0.250. The Morgan fingerprint density at radius 2 is 2.11 bits per heavy atom. The molecule has 0 aromatic heterocycles. The van der Waals surface area contributed by atoms with Crippen molar-refractivity contribution in [2.75, 3.05) is 5.32 Å². The first-order valence-electron chi connectivity index (χ1n) is 6.48. The van der Waals surface area contributed by atoms with E-state index < -0.39 is 0 Å². The van der Waals surface area contributed by atoms with Crippen molar-refractivity contribution in [2.24, 2.45) is 0 Å². The molecule has 3 heteroatoms. The van der Waals surface area contributed by atoms with Crippen LogP contribution in [0.25, 0.3) is 0 Å². The number of halogens is 1. The smallest absolute Gasteiger partial charge is 0.119 e. The molecule has 1 atom stereocenters. The van der Waals surface area contributed by atoms with Gasteiger partial charge in [-0.2, -0.15) is 0 Å². The summed E-state index contributed by atoms with van der Waals surface area (Å²) >= 11 is 6.25. The van der Waals surface area contributed by atoms with Gasteiger partial charge in [-0.15, -0.1) is 0 Å². The first-order chi connectivity index (χ1) is 9.15. The van der Waals surface area contributed by atoms with Gasteiger partial charge in [-0.3, -0.25) is 0 Å². The van der Waals surface area contributed by atoms with Crippen molar-refractivity contribution >= 4 is 17.3 Å². The second-order valence-electron chi connectivity index (χ2n) is 5.06. The zero-order chi connectivity index (χ0) is 13.4. The normalized spacial score (nSPS) is 17.3. The molecule has 0 saturated carbocycles. The zero-order valence-electron chi connectivity index (χ0n) is 10.8. The summed E-state index contributed by atoms with van der Waals surface area (Å²) in [5.41, 5.74) is 4.34. The van der Waals surface area contributed by atoms with E-state index in [2.05, 4.69) is 11.4 Å². The molecule has 2 aromatic rings. The number of aryl methyl sites for hydroxylation is 1. The van der Waals surface area contributed by atoms with Crippen molar-refractivity contribution in [1.82, 2.24) is 0 Å². The van der Waals surface area contributed by atoms with E-state index in [1.165, 1.54) is 5.56 Å². The molecule has 98 valence electrons. The number of phenols is 1. The highest BCUT2D eigenvalue weighted by Crippen LogP contribution is 2.39. The number of anilines is 1. The summed E-state index contributed by atoms with van der Waals surface area (Å²) in [5.74, 6) is 0.400. The summed E-state index contributed by atoms with van der Waals surface area (Å²) in [6.07, 6.45) is 1.89. The van der Waals surface area contributed by atoms with Gasteiger partial charge in [0.2, 0.25) is 0 Å². The molecule has 0 heterocycles. The van der Waals surface area contributed by atoms with Gasteiger partial charge in [0.05, 0.1) is 16.8 Å². The SMILES string of the molecule is Cc1ccc(NC2CCc3c(O)cccc32)c(Cl)c1. The lowest BCUT2D eigenvalue weighted by Crippen LogP contribution is -2.07. The van der Waals surface area contributed by atoms with Crippen molar-refractivity contribution in [3.05, 3.63) is 58.1 Å². The number of phenolic OH excluding ortho intramolecular Hbond substituents is 1. The average molecular weight is 274 g/mol. The summed E-state index contributed by atoms with van der Waals surface area (Å²) in [6.45, 7) is 2.03. The van der Waals surface area contributed by atoms with Crippen LogP contribution in [0.15, 0.2) is 36.4 Å². The molecular weight excluding hydrogens is 258 g/mol. The van der Waals surface area contributed by atoms with Gasteiger partial charge in [0.25, 0.3) is 0 Å². The molecule has 0 fully saturated rings. The van der Waals surface area contributed by atoms with Crippen molar-refractivity contribution in [1.29, 1.82) is 0 Å². The van der Waals surface area contributed by atoms with Crippen molar-refractivity contribution < 1.29 is 5.11 Å². The zero-order valence-corrected chi connectivity index (χ0v) is 11.5. The van der Waals surface area contributed by atoms with Crippen LogP contribution in [-0.4, -0.2) is 5.11 Å². The number of nitrogens with one attached hydrogen (secondary N) is 1. The van der Waals surface area contributed by atoms with E-state index in [1.807, 2.05) is 31.2 Å². The summed E-state index contributed by atoms with van der Waals surface area (Å²) in [5, 5.41) is 14.1. The number of aromatic hydroxyl groups is 1. The number of fused-ring (bicyclic) bond motifs is 1. The molecule has 0 radical (unpaired) electrons. The van der Waals surface area contributed by atoms with E-state index in [-0.39, 0.29) is 6.04 Å². The van der Waals surface area contributed by atoms with Gasteiger partial charge in [-0.05, 0) is 54.7 Å². The number of hydrogen-bond donors (Lipinski definition) is 2. The Morgan fingerprint density at radius 1 is 1.26 bits per heavy atom.